The fourth-order valence-electron chi connectivity index (χ4n) is 2.37. The third-order valence-corrected chi connectivity index (χ3v) is 4.13. The van der Waals surface area contributed by atoms with Crippen LogP contribution >= 0.6 is 11.6 Å². The zero-order valence-corrected chi connectivity index (χ0v) is 18.1. The lowest BCUT2D eigenvalue weighted by atomic mass is 10.1. The Morgan fingerprint density at radius 3 is 2.11 bits per heavy atom. The van der Waals surface area contributed by atoms with Crippen LogP contribution in [-0.4, -0.2) is 24.5 Å². The van der Waals surface area contributed by atoms with Crippen molar-refractivity contribution in [1.29, 1.82) is 0 Å². The number of anilines is 1. The summed E-state index contributed by atoms with van der Waals surface area (Å²) in [6.07, 6.45) is 8.49. The average molecular weight is 399 g/mol. The van der Waals surface area contributed by atoms with Crippen molar-refractivity contribution in [3.05, 3.63) is 28.3 Å². The van der Waals surface area contributed by atoms with Crippen molar-refractivity contribution in [3.8, 4) is 0 Å². The highest BCUT2D eigenvalue weighted by Crippen LogP contribution is 2.26. The van der Waals surface area contributed by atoms with E-state index in [2.05, 4.69) is 19.2 Å². The summed E-state index contributed by atoms with van der Waals surface area (Å²) < 4.78 is 4.94. The van der Waals surface area contributed by atoms with Gasteiger partial charge in [-0.05, 0) is 38.5 Å². The second-order valence-corrected chi connectivity index (χ2v) is 6.99. The van der Waals surface area contributed by atoms with Gasteiger partial charge >= 0.3 is 5.97 Å². The summed E-state index contributed by atoms with van der Waals surface area (Å²) in [7, 11) is 0. The van der Waals surface area contributed by atoms with Gasteiger partial charge in [0.25, 0.3) is 0 Å². The molecule has 0 aliphatic rings. The summed E-state index contributed by atoms with van der Waals surface area (Å²) in [5.74, 6) is -0.913. The molecule has 5 nitrogen and oxygen atoms in total. The van der Waals surface area contributed by atoms with E-state index in [4.69, 9.17) is 22.1 Å². The molecule has 1 atom stereocenters. The molecule has 0 aliphatic heterocycles. The van der Waals surface area contributed by atoms with Crippen molar-refractivity contribution in [2.45, 2.75) is 79.2 Å². The molecule has 1 unspecified atom stereocenters. The van der Waals surface area contributed by atoms with Crippen LogP contribution in [0.2, 0.25) is 5.02 Å². The van der Waals surface area contributed by atoms with E-state index in [1.54, 1.807) is 26.8 Å². The Labute approximate surface area is 169 Å². The molecule has 1 amide bonds. The summed E-state index contributed by atoms with van der Waals surface area (Å²) in [5, 5.41) is 3.02. The van der Waals surface area contributed by atoms with Gasteiger partial charge in [-0.2, -0.15) is 0 Å². The molecule has 1 rings (SSSR count). The predicted octanol–water partition coefficient (Wildman–Crippen LogP) is 5.48. The average Bonchev–Trinajstić information content (AvgIpc) is 2.61. The molecule has 27 heavy (non-hydrogen) atoms. The predicted molar refractivity (Wildman–Crippen MR) is 113 cm³/mol. The highest BCUT2D eigenvalue weighted by molar-refractivity contribution is 6.31. The zero-order chi connectivity index (χ0) is 20.8. The lowest BCUT2D eigenvalue weighted by Gasteiger charge is -2.15. The standard InChI is InChI=1S/C13H17ClN2O3.C8H18/c1-4-19-13(18)10-6-9(14)5-7(2)11(10)16-12(17)8(3)15;1-3-5-7-8-6-4-2/h5-6,8H,4,15H2,1-3H3,(H,16,17);3-8H2,1-2H3. The number of aryl methyl sites for hydroxylation is 1. The first-order valence-electron chi connectivity index (χ1n) is 9.82. The Kier molecular flexibility index (Phi) is 13.6. The van der Waals surface area contributed by atoms with Crippen LogP contribution in [0.15, 0.2) is 12.1 Å². The fraction of sp³-hybridized carbons (Fsp3) is 0.619. The molecule has 3 N–H and O–H groups in total. The van der Waals surface area contributed by atoms with Gasteiger partial charge < -0.3 is 15.8 Å². The Morgan fingerprint density at radius 2 is 1.67 bits per heavy atom. The number of hydrogen-bond acceptors (Lipinski definition) is 4. The van der Waals surface area contributed by atoms with E-state index in [-0.39, 0.29) is 18.1 Å². The number of nitrogens with two attached hydrogens (primary N) is 1. The summed E-state index contributed by atoms with van der Waals surface area (Å²) >= 11 is 5.92. The van der Waals surface area contributed by atoms with Gasteiger partial charge in [0, 0.05) is 5.02 Å². The first-order valence-corrected chi connectivity index (χ1v) is 10.2. The van der Waals surface area contributed by atoms with Crippen LogP contribution in [0.1, 0.15) is 82.1 Å². The SMILES string of the molecule is CCCCCCCC.CCOC(=O)c1cc(Cl)cc(C)c1NC(=O)C(C)N. The summed E-state index contributed by atoms with van der Waals surface area (Å²) in [5.41, 5.74) is 6.77. The van der Waals surface area contributed by atoms with Crippen molar-refractivity contribution >= 4 is 29.2 Å². The molecule has 0 radical (unpaired) electrons. The lowest BCUT2D eigenvalue weighted by molar-refractivity contribution is -0.117. The molecule has 0 fully saturated rings. The Bertz CT molecular complexity index is 583. The Balaban J connectivity index is 0.000000713. The van der Waals surface area contributed by atoms with E-state index in [1.165, 1.54) is 44.6 Å². The molecular formula is C21H35ClN2O3. The molecule has 154 valence electrons. The summed E-state index contributed by atoms with van der Waals surface area (Å²) in [4.78, 5) is 23.5. The molecule has 0 heterocycles. The minimum Gasteiger partial charge on any atom is -0.462 e. The van der Waals surface area contributed by atoms with E-state index in [0.717, 1.165) is 0 Å². The number of unbranched alkanes of at least 4 members (excludes halogenated alkanes) is 5. The summed E-state index contributed by atoms with van der Waals surface area (Å²) in [6.45, 7) is 9.76. The molecule has 0 spiro atoms. The molecule has 0 aliphatic carbocycles. The molecule has 6 heteroatoms. The number of carbonyl (C=O) groups is 2. The van der Waals surface area contributed by atoms with E-state index >= 15 is 0 Å². The summed E-state index contributed by atoms with van der Waals surface area (Å²) in [6, 6.07) is 2.44. The molecule has 0 aromatic heterocycles. The van der Waals surface area contributed by atoms with Crippen LogP contribution in [0.25, 0.3) is 0 Å². The second-order valence-electron chi connectivity index (χ2n) is 6.56. The van der Waals surface area contributed by atoms with E-state index in [0.29, 0.717) is 16.3 Å². The molecule has 0 saturated carbocycles. The van der Waals surface area contributed by atoms with Crippen molar-refractivity contribution in [2.75, 3.05) is 11.9 Å². The van der Waals surface area contributed by atoms with Crippen LogP contribution in [-0.2, 0) is 9.53 Å². The highest BCUT2D eigenvalue weighted by Gasteiger charge is 2.19. The fourth-order valence-corrected chi connectivity index (χ4v) is 2.64. The first-order chi connectivity index (χ1) is 12.8. The number of halogens is 1. The van der Waals surface area contributed by atoms with Crippen LogP contribution in [0, 0.1) is 6.92 Å². The first kappa shape index (κ1) is 25.4. The smallest absolute Gasteiger partial charge is 0.340 e. The van der Waals surface area contributed by atoms with Crippen molar-refractivity contribution in [3.63, 3.8) is 0 Å². The van der Waals surface area contributed by atoms with Crippen molar-refractivity contribution in [1.82, 2.24) is 0 Å². The third kappa shape index (κ3) is 10.4. The van der Waals surface area contributed by atoms with Gasteiger partial charge in [-0.3, -0.25) is 4.79 Å². The van der Waals surface area contributed by atoms with Crippen LogP contribution in [0.3, 0.4) is 0 Å². The molecule has 1 aromatic rings. The minimum absolute atomic E-state index is 0.223. The second kappa shape index (κ2) is 14.5. The maximum Gasteiger partial charge on any atom is 0.340 e. The highest BCUT2D eigenvalue weighted by atomic mass is 35.5. The van der Waals surface area contributed by atoms with E-state index < -0.39 is 12.0 Å². The zero-order valence-electron chi connectivity index (χ0n) is 17.4. The molecule has 1 aromatic carbocycles. The number of amides is 1. The molecule has 0 bridgehead atoms. The van der Waals surface area contributed by atoms with Gasteiger partial charge in [0.2, 0.25) is 5.91 Å². The van der Waals surface area contributed by atoms with Crippen molar-refractivity contribution in [2.24, 2.45) is 5.73 Å². The quantitative estimate of drug-likeness (QED) is 0.426. The third-order valence-electron chi connectivity index (χ3n) is 3.91. The number of nitrogens with one attached hydrogen (secondary N) is 1. The molecular weight excluding hydrogens is 364 g/mol. The number of hydrogen-bond donors (Lipinski definition) is 2. The monoisotopic (exact) mass is 398 g/mol. The van der Waals surface area contributed by atoms with E-state index in [9.17, 15) is 9.59 Å². The van der Waals surface area contributed by atoms with Gasteiger partial charge in [-0.15, -0.1) is 0 Å². The van der Waals surface area contributed by atoms with E-state index in [1.807, 2.05) is 0 Å². The van der Waals surface area contributed by atoms with Crippen LogP contribution < -0.4 is 11.1 Å². The Morgan fingerprint density at radius 1 is 1.11 bits per heavy atom. The lowest BCUT2D eigenvalue weighted by Crippen LogP contribution is -2.33. The van der Waals surface area contributed by atoms with Gasteiger partial charge in [-0.1, -0.05) is 64.0 Å². The minimum atomic E-state index is -0.676. The van der Waals surface area contributed by atoms with Crippen LogP contribution in [0.5, 0.6) is 0 Å². The number of ether oxygens (including phenoxy) is 1. The van der Waals surface area contributed by atoms with Crippen LogP contribution in [0.4, 0.5) is 5.69 Å². The number of carbonyl (C=O) groups excluding carboxylic acids is 2. The number of esters is 1. The van der Waals surface area contributed by atoms with Gasteiger partial charge in [0.05, 0.1) is 23.9 Å². The Hall–Kier alpha value is -1.59. The number of benzene rings is 1. The molecule has 0 saturated heterocycles. The van der Waals surface area contributed by atoms with Gasteiger partial charge in [-0.25, -0.2) is 4.79 Å². The maximum absolute atomic E-state index is 11.9. The number of rotatable bonds is 9. The normalized spacial score (nSPS) is 11.2. The topological polar surface area (TPSA) is 81.4 Å². The van der Waals surface area contributed by atoms with Gasteiger partial charge in [0.15, 0.2) is 0 Å². The maximum atomic E-state index is 11.9. The van der Waals surface area contributed by atoms with Crippen molar-refractivity contribution < 1.29 is 14.3 Å². The largest absolute Gasteiger partial charge is 0.462 e. The van der Waals surface area contributed by atoms with Gasteiger partial charge in [0.1, 0.15) is 0 Å².